The molecule has 1 N–H and O–H groups in total. The van der Waals surface area contributed by atoms with Crippen molar-refractivity contribution < 1.29 is 0 Å². The van der Waals surface area contributed by atoms with Crippen LogP contribution in [0.2, 0.25) is 0 Å². The minimum atomic E-state index is 0.878. The number of aryl methyl sites for hydroxylation is 1. The van der Waals surface area contributed by atoms with Gasteiger partial charge < -0.3 is 9.88 Å². The fraction of sp³-hybridized carbons (Fsp3) is 0.667. The predicted molar refractivity (Wildman–Crippen MR) is 58.0 cm³/mol. The van der Waals surface area contributed by atoms with E-state index in [2.05, 4.69) is 34.2 Å². The summed E-state index contributed by atoms with van der Waals surface area (Å²) in [5.74, 6) is 1.15. The van der Waals surface area contributed by atoms with Crippen LogP contribution in [0.25, 0.3) is 0 Å². The van der Waals surface area contributed by atoms with Gasteiger partial charge in [0.2, 0.25) is 0 Å². The Balaban J connectivity index is 2.34. The van der Waals surface area contributed by atoms with Gasteiger partial charge >= 0.3 is 0 Å². The molecule has 0 aliphatic rings. The first-order valence-electron chi connectivity index (χ1n) is 4.57. The lowest BCUT2D eigenvalue weighted by Crippen LogP contribution is -2.11. The molecule has 1 heterocycles. The fourth-order valence-corrected chi connectivity index (χ4v) is 1.46. The van der Waals surface area contributed by atoms with Crippen molar-refractivity contribution in [3.63, 3.8) is 0 Å². The normalized spacial score (nSPS) is 10.6. The van der Waals surface area contributed by atoms with Crippen molar-refractivity contribution in [1.82, 2.24) is 14.9 Å². The molecule has 0 radical (unpaired) electrons. The summed E-state index contributed by atoms with van der Waals surface area (Å²) in [4.78, 5) is 4.30. The highest BCUT2D eigenvalue weighted by molar-refractivity contribution is 7.98. The van der Waals surface area contributed by atoms with Crippen molar-refractivity contribution in [2.45, 2.75) is 20.0 Å². The van der Waals surface area contributed by atoms with E-state index in [1.165, 1.54) is 0 Å². The zero-order valence-electron chi connectivity index (χ0n) is 8.29. The molecule has 4 heteroatoms. The molecule has 74 valence electrons. The molecule has 0 bridgehead atoms. The van der Waals surface area contributed by atoms with Crippen molar-refractivity contribution in [2.75, 3.05) is 18.6 Å². The standard InChI is InChI=1S/C9H17N3S/c1-3-10-6-9-7-12(8-11-9)4-5-13-2/h7-8,10H,3-6H2,1-2H3. The number of imidazole rings is 1. The van der Waals surface area contributed by atoms with Crippen LogP contribution >= 0.6 is 11.8 Å². The maximum absolute atomic E-state index is 4.30. The zero-order valence-corrected chi connectivity index (χ0v) is 9.10. The third kappa shape index (κ3) is 3.83. The molecule has 0 saturated heterocycles. The minimum absolute atomic E-state index is 0.878. The lowest BCUT2D eigenvalue weighted by Gasteiger charge is -1.98. The van der Waals surface area contributed by atoms with Gasteiger partial charge in [0.25, 0.3) is 0 Å². The lowest BCUT2D eigenvalue weighted by atomic mass is 10.4. The van der Waals surface area contributed by atoms with E-state index in [0.717, 1.165) is 31.1 Å². The molecule has 0 aliphatic heterocycles. The Morgan fingerprint density at radius 3 is 3.15 bits per heavy atom. The van der Waals surface area contributed by atoms with Gasteiger partial charge in [0, 0.05) is 25.0 Å². The first-order valence-corrected chi connectivity index (χ1v) is 5.96. The average molecular weight is 199 g/mol. The summed E-state index contributed by atoms with van der Waals surface area (Å²) in [5.41, 5.74) is 1.13. The number of nitrogens with zero attached hydrogens (tertiary/aromatic N) is 2. The fourth-order valence-electron chi connectivity index (χ4n) is 1.07. The second-order valence-electron chi connectivity index (χ2n) is 2.88. The molecule has 0 fully saturated rings. The first-order chi connectivity index (χ1) is 6.36. The summed E-state index contributed by atoms with van der Waals surface area (Å²) in [6.07, 6.45) is 6.14. The summed E-state index contributed by atoms with van der Waals surface area (Å²) in [5, 5.41) is 3.25. The number of thioether (sulfide) groups is 1. The second kappa shape index (κ2) is 6.05. The summed E-state index contributed by atoms with van der Waals surface area (Å²) >= 11 is 1.86. The molecule has 0 aromatic carbocycles. The largest absolute Gasteiger partial charge is 0.336 e. The molecule has 1 aromatic heterocycles. The molecular formula is C9H17N3S. The molecule has 13 heavy (non-hydrogen) atoms. The van der Waals surface area contributed by atoms with Crippen LogP contribution in [-0.4, -0.2) is 28.1 Å². The van der Waals surface area contributed by atoms with Crippen molar-refractivity contribution in [2.24, 2.45) is 0 Å². The first kappa shape index (κ1) is 10.6. The average Bonchev–Trinajstić information content (AvgIpc) is 2.59. The molecule has 0 saturated carbocycles. The van der Waals surface area contributed by atoms with Crippen molar-refractivity contribution in [1.29, 1.82) is 0 Å². The van der Waals surface area contributed by atoms with Gasteiger partial charge in [0.15, 0.2) is 0 Å². The predicted octanol–water partition coefficient (Wildman–Crippen LogP) is 1.36. The summed E-state index contributed by atoms with van der Waals surface area (Å²) in [6.45, 7) is 5.03. The summed E-state index contributed by atoms with van der Waals surface area (Å²) < 4.78 is 2.14. The van der Waals surface area contributed by atoms with E-state index in [9.17, 15) is 0 Å². The summed E-state index contributed by atoms with van der Waals surface area (Å²) in [6, 6.07) is 0. The third-order valence-corrected chi connectivity index (χ3v) is 2.39. The van der Waals surface area contributed by atoms with Crippen LogP contribution in [0.3, 0.4) is 0 Å². The SMILES string of the molecule is CCNCc1cn(CCSC)cn1. The maximum atomic E-state index is 4.30. The topological polar surface area (TPSA) is 29.9 Å². The van der Waals surface area contributed by atoms with E-state index in [4.69, 9.17) is 0 Å². The molecular weight excluding hydrogens is 182 g/mol. The van der Waals surface area contributed by atoms with Gasteiger partial charge in [-0.05, 0) is 12.8 Å². The van der Waals surface area contributed by atoms with Crippen LogP contribution in [0.15, 0.2) is 12.5 Å². The van der Waals surface area contributed by atoms with Gasteiger partial charge in [-0.15, -0.1) is 0 Å². The lowest BCUT2D eigenvalue weighted by molar-refractivity contribution is 0.711. The second-order valence-corrected chi connectivity index (χ2v) is 3.86. The number of aromatic nitrogens is 2. The van der Waals surface area contributed by atoms with Crippen LogP contribution in [0.5, 0.6) is 0 Å². The highest BCUT2D eigenvalue weighted by Gasteiger charge is 1.96. The molecule has 0 unspecified atom stereocenters. The number of rotatable bonds is 6. The molecule has 0 atom stereocenters. The van der Waals surface area contributed by atoms with Crippen LogP contribution in [0.1, 0.15) is 12.6 Å². The van der Waals surface area contributed by atoms with Crippen LogP contribution < -0.4 is 5.32 Å². The molecule has 0 amide bonds. The Morgan fingerprint density at radius 2 is 2.46 bits per heavy atom. The summed E-state index contributed by atoms with van der Waals surface area (Å²) in [7, 11) is 0. The molecule has 3 nitrogen and oxygen atoms in total. The van der Waals surface area contributed by atoms with Gasteiger partial charge in [-0.25, -0.2) is 4.98 Å². The van der Waals surface area contributed by atoms with Crippen molar-refractivity contribution >= 4 is 11.8 Å². The van der Waals surface area contributed by atoms with Crippen LogP contribution in [0.4, 0.5) is 0 Å². The maximum Gasteiger partial charge on any atom is 0.0950 e. The Kier molecular flexibility index (Phi) is 4.93. The number of hydrogen-bond donors (Lipinski definition) is 1. The van der Waals surface area contributed by atoms with Crippen LogP contribution in [0, 0.1) is 0 Å². The Hall–Kier alpha value is -0.480. The Bertz CT molecular complexity index is 212. The molecule has 0 aliphatic carbocycles. The van der Waals surface area contributed by atoms with Crippen molar-refractivity contribution in [3.05, 3.63) is 18.2 Å². The molecule has 1 rings (SSSR count). The van der Waals surface area contributed by atoms with E-state index >= 15 is 0 Å². The zero-order chi connectivity index (χ0) is 9.52. The van der Waals surface area contributed by atoms with E-state index in [-0.39, 0.29) is 0 Å². The monoisotopic (exact) mass is 199 g/mol. The Morgan fingerprint density at radius 1 is 1.62 bits per heavy atom. The quantitative estimate of drug-likeness (QED) is 0.750. The van der Waals surface area contributed by atoms with Gasteiger partial charge in [-0.3, -0.25) is 0 Å². The van der Waals surface area contributed by atoms with Crippen molar-refractivity contribution in [3.8, 4) is 0 Å². The van der Waals surface area contributed by atoms with E-state index < -0.39 is 0 Å². The van der Waals surface area contributed by atoms with Gasteiger partial charge in [0.1, 0.15) is 0 Å². The van der Waals surface area contributed by atoms with Gasteiger partial charge in [0.05, 0.1) is 12.0 Å². The highest BCUT2D eigenvalue weighted by atomic mass is 32.2. The number of hydrogen-bond acceptors (Lipinski definition) is 3. The molecule has 0 spiro atoms. The van der Waals surface area contributed by atoms with E-state index in [0.29, 0.717) is 0 Å². The van der Waals surface area contributed by atoms with Gasteiger partial charge in [-0.1, -0.05) is 6.92 Å². The van der Waals surface area contributed by atoms with Crippen LogP contribution in [-0.2, 0) is 13.1 Å². The van der Waals surface area contributed by atoms with Gasteiger partial charge in [-0.2, -0.15) is 11.8 Å². The minimum Gasteiger partial charge on any atom is -0.336 e. The van der Waals surface area contributed by atoms with E-state index in [1.54, 1.807) is 0 Å². The molecule has 1 aromatic rings. The third-order valence-electron chi connectivity index (χ3n) is 1.80. The smallest absolute Gasteiger partial charge is 0.0950 e. The Labute approximate surface area is 83.9 Å². The van der Waals surface area contributed by atoms with E-state index in [1.807, 2.05) is 18.1 Å². The number of nitrogens with one attached hydrogen (secondary N) is 1. The highest BCUT2D eigenvalue weighted by Crippen LogP contribution is 1.99.